The lowest BCUT2D eigenvalue weighted by molar-refractivity contribution is -0.129. The highest BCUT2D eigenvalue weighted by atomic mass is 32.2. The Labute approximate surface area is 187 Å². The first-order valence-electron chi connectivity index (χ1n) is 10.1. The summed E-state index contributed by atoms with van der Waals surface area (Å²) in [7, 11) is 0. The molecule has 5 rings (SSSR count). The van der Waals surface area contributed by atoms with E-state index in [1.807, 2.05) is 36.1 Å². The Morgan fingerprint density at radius 3 is 2.87 bits per heavy atom. The van der Waals surface area contributed by atoms with Gasteiger partial charge in [-0.1, -0.05) is 36.0 Å². The Morgan fingerprint density at radius 2 is 2.06 bits per heavy atom. The summed E-state index contributed by atoms with van der Waals surface area (Å²) in [4.78, 5) is 34.4. The third kappa shape index (κ3) is 4.05. The molecule has 0 bridgehead atoms. The lowest BCUT2D eigenvalue weighted by atomic mass is 10.00. The van der Waals surface area contributed by atoms with Crippen molar-refractivity contribution in [1.29, 1.82) is 0 Å². The predicted octanol–water partition coefficient (Wildman–Crippen LogP) is 4.08. The number of carbonyl (C=O) groups excluding carboxylic acids is 1. The van der Waals surface area contributed by atoms with Gasteiger partial charge < -0.3 is 9.32 Å². The van der Waals surface area contributed by atoms with E-state index >= 15 is 0 Å². The number of hydrogen-bond acceptors (Lipinski definition) is 6. The molecule has 0 aliphatic carbocycles. The summed E-state index contributed by atoms with van der Waals surface area (Å²) in [5.74, 6) is 0.972. The van der Waals surface area contributed by atoms with Crippen LogP contribution in [-0.2, 0) is 24.3 Å². The summed E-state index contributed by atoms with van der Waals surface area (Å²) in [5, 5.41) is 1.15. The minimum Gasteiger partial charge on any atom is -0.467 e. The van der Waals surface area contributed by atoms with Gasteiger partial charge in [0.2, 0.25) is 5.91 Å². The maximum absolute atomic E-state index is 13.2. The first kappa shape index (κ1) is 20.1. The number of aromatic nitrogens is 2. The molecule has 1 aliphatic heterocycles. The summed E-state index contributed by atoms with van der Waals surface area (Å²) in [6.45, 7) is 3.60. The van der Waals surface area contributed by atoms with Crippen molar-refractivity contribution in [2.24, 2.45) is 0 Å². The smallest absolute Gasteiger partial charge is 0.263 e. The van der Waals surface area contributed by atoms with Crippen LogP contribution in [-0.4, -0.2) is 32.7 Å². The number of hydrogen-bond donors (Lipinski definition) is 0. The Kier molecular flexibility index (Phi) is 5.41. The number of nitrogens with zero attached hydrogens (tertiary/aromatic N) is 3. The fourth-order valence-electron chi connectivity index (χ4n) is 3.85. The van der Waals surface area contributed by atoms with Crippen molar-refractivity contribution in [3.8, 4) is 0 Å². The molecular formula is C23H21N3O3S2. The molecule has 1 aromatic carbocycles. The number of rotatable bonds is 5. The lowest BCUT2D eigenvalue weighted by Crippen LogP contribution is -2.37. The van der Waals surface area contributed by atoms with Crippen LogP contribution in [0.2, 0.25) is 0 Å². The van der Waals surface area contributed by atoms with Crippen LogP contribution in [0.4, 0.5) is 0 Å². The highest BCUT2D eigenvalue weighted by Crippen LogP contribution is 2.26. The maximum Gasteiger partial charge on any atom is 0.263 e. The van der Waals surface area contributed by atoms with E-state index in [4.69, 9.17) is 9.40 Å². The van der Waals surface area contributed by atoms with Gasteiger partial charge in [0, 0.05) is 18.0 Å². The van der Waals surface area contributed by atoms with Crippen molar-refractivity contribution < 1.29 is 9.21 Å². The molecule has 6 nitrogen and oxygen atoms in total. The van der Waals surface area contributed by atoms with E-state index in [2.05, 4.69) is 12.1 Å². The number of furan rings is 1. The molecular weight excluding hydrogens is 430 g/mol. The fraction of sp³-hybridized carbons (Fsp3) is 0.261. The van der Waals surface area contributed by atoms with Crippen molar-refractivity contribution >= 4 is 39.2 Å². The largest absolute Gasteiger partial charge is 0.467 e. The highest BCUT2D eigenvalue weighted by Gasteiger charge is 2.22. The number of benzene rings is 1. The number of thiophene rings is 1. The molecule has 158 valence electrons. The van der Waals surface area contributed by atoms with Gasteiger partial charge in [0.15, 0.2) is 5.16 Å². The summed E-state index contributed by atoms with van der Waals surface area (Å²) in [6, 6.07) is 13.8. The van der Waals surface area contributed by atoms with Crippen LogP contribution in [0.1, 0.15) is 21.8 Å². The molecule has 0 saturated heterocycles. The van der Waals surface area contributed by atoms with Crippen molar-refractivity contribution in [2.75, 3.05) is 12.3 Å². The molecule has 1 aliphatic rings. The molecule has 1 amide bonds. The van der Waals surface area contributed by atoms with E-state index in [0.717, 1.165) is 11.3 Å². The van der Waals surface area contributed by atoms with E-state index in [-0.39, 0.29) is 23.8 Å². The lowest BCUT2D eigenvalue weighted by Gasteiger charge is -2.28. The molecule has 0 radical (unpaired) electrons. The average molecular weight is 452 g/mol. The van der Waals surface area contributed by atoms with Crippen LogP contribution in [0.5, 0.6) is 0 Å². The topological polar surface area (TPSA) is 68.3 Å². The SMILES string of the molecule is Cc1cc2c(=O)n(Cc3ccco3)c(SCC(=O)N3CCc4ccccc4C3)nc2s1. The van der Waals surface area contributed by atoms with Gasteiger partial charge in [0.25, 0.3) is 5.56 Å². The second-order valence-corrected chi connectivity index (χ2v) is 9.74. The predicted molar refractivity (Wildman–Crippen MR) is 123 cm³/mol. The number of carbonyl (C=O) groups is 1. The van der Waals surface area contributed by atoms with Crippen LogP contribution in [0.3, 0.4) is 0 Å². The number of aryl methyl sites for hydroxylation is 1. The van der Waals surface area contributed by atoms with Gasteiger partial charge in [-0.2, -0.15) is 0 Å². The molecule has 31 heavy (non-hydrogen) atoms. The quantitative estimate of drug-likeness (QED) is 0.338. The Hall–Kier alpha value is -2.84. The van der Waals surface area contributed by atoms with Crippen molar-refractivity contribution in [1.82, 2.24) is 14.5 Å². The molecule has 0 atom stereocenters. The Morgan fingerprint density at radius 1 is 1.23 bits per heavy atom. The summed E-state index contributed by atoms with van der Waals surface area (Å²) < 4.78 is 7.06. The van der Waals surface area contributed by atoms with E-state index < -0.39 is 0 Å². The van der Waals surface area contributed by atoms with Crippen LogP contribution >= 0.6 is 23.1 Å². The van der Waals surface area contributed by atoms with Gasteiger partial charge in [0.1, 0.15) is 10.6 Å². The molecule has 0 saturated carbocycles. The molecule has 0 N–H and O–H groups in total. The molecule has 8 heteroatoms. The minimum atomic E-state index is -0.104. The van der Waals surface area contributed by atoms with E-state index in [0.29, 0.717) is 34.2 Å². The van der Waals surface area contributed by atoms with Crippen molar-refractivity contribution in [3.05, 3.63) is 80.8 Å². The standard InChI is InChI=1S/C23H21N3O3S2/c1-15-11-19-21(31-15)24-23(26(22(19)28)13-18-7-4-10-29-18)30-14-20(27)25-9-8-16-5-2-3-6-17(16)12-25/h2-7,10-11H,8-9,12-14H2,1H3. The summed E-state index contributed by atoms with van der Waals surface area (Å²) in [6.07, 6.45) is 2.46. The summed E-state index contributed by atoms with van der Waals surface area (Å²) >= 11 is 2.81. The number of amides is 1. The first-order valence-corrected chi connectivity index (χ1v) is 11.9. The van der Waals surface area contributed by atoms with Crippen LogP contribution in [0, 0.1) is 6.92 Å². The van der Waals surface area contributed by atoms with Crippen LogP contribution in [0.25, 0.3) is 10.2 Å². The third-order valence-corrected chi connectivity index (χ3v) is 7.35. The average Bonchev–Trinajstić information content (AvgIpc) is 3.43. The third-order valence-electron chi connectivity index (χ3n) is 5.44. The molecule has 4 heterocycles. The molecule has 0 unspecified atom stereocenters. The Bertz CT molecular complexity index is 1310. The van der Waals surface area contributed by atoms with Crippen LogP contribution in [0.15, 0.2) is 63.1 Å². The summed E-state index contributed by atoms with van der Waals surface area (Å²) in [5.41, 5.74) is 2.41. The normalized spacial score (nSPS) is 13.5. The second kappa shape index (κ2) is 8.36. The van der Waals surface area contributed by atoms with Gasteiger partial charge in [-0.15, -0.1) is 11.3 Å². The zero-order chi connectivity index (χ0) is 21.4. The van der Waals surface area contributed by atoms with Gasteiger partial charge >= 0.3 is 0 Å². The monoisotopic (exact) mass is 451 g/mol. The molecule has 0 fully saturated rings. The van der Waals surface area contributed by atoms with Gasteiger partial charge in [-0.05, 0) is 42.7 Å². The number of thioether (sulfide) groups is 1. The fourth-order valence-corrected chi connectivity index (χ4v) is 5.67. The zero-order valence-corrected chi connectivity index (χ0v) is 18.7. The molecule has 0 spiro atoms. The van der Waals surface area contributed by atoms with Gasteiger partial charge in [0.05, 0.1) is 23.9 Å². The second-order valence-electron chi connectivity index (χ2n) is 7.56. The van der Waals surface area contributed by atoms with Gasteiger partial charge in [-0.3, -0.25) is 14.2 Å². The van der Waals surface area contributed by atoms with Crippen molar-refractivity contribution in [2.45, 2.75) is 31.6 Å². The van der Waals surface area contributed by atoms with E-state index in [1.165, 1.54) is 34.2 Å². The van der Waals surface area contributed by atoms with Gasteiger partial charge in [-0.25, -0.2) is 4.98 Å². The Balaban J connectivity index is 1.39. The van der Waals surface area contributed by atoms with Crippen molar-refractivity contribution in [3.63, 3.8) is 0 Å². The highest BCUT2D eigenvalue weighted by molar-refractivity contribution is 7.99. The molecule has 4 aromatic rings. The van der Waals surface area contributed by atoms with E-state index in [1.54, 1.807) is 16.9 Å². The van der Waals surface area contributed by atoms with Crippen LogP contribution < -0.4 is 5.56 Å². The van der Waals surface area contributed by atoms with E-state index in [9.17, 15) is 9.59 Å². The minimum absolute atomic E-state index is 0.0563. The first-order chi connectivity index (χ1) is 15.1. The zero-order valence-electron chi connectivity index (χ0n) is 17.0. The molecule has 3 aromatic heterocycles. The number of fused-ring (bicyclic) bond motifs is 2. The maximum atomic E-state index is 13.2.